The molecule has 0 saturated heterocycles. The normalized spacial score (nSPS) is 12.9. The number of aromatic nitrogens is 1. The van der Waals surface area contributed by atoms with Gasteiger partial charge < -0.3 is 5.32 Å². The van der Waals surface area contributed by atoms with Crippen LogP contribution in [-0.2, 0) is 9.84 Å². The highest BCUT2D eigenvalue weighted by Crippen LogP contribution is 2.23. The lowest BCUT2D eigenvalue weighted by Crippen LogP contribution is -2.11. The third-order valence-electron chi connectivity index (χ3n) is 2.82. The van der Waals surface area contributed by atoms with Crippen LogP contribution in [-0.4, -0.2) is 19.7 Å². The predicted molar refractivity (Wildman–Crippen MR) is 75.8 cm³/mol. The van der Waals surface area contributed by atoms with Crippen molar-refractivity contribution in [2.24, 2.45) is 0 Å². The van der Waals surface area contributed by atoms with Gasteiger partial charge in [-0.2, -0.15) is 0 Å². The number of pyridine rings is 1. The number of rotatable bonds is 4. The van der Waals surface area contributed by atoms with Crippen molar-refractivity contribution in [3.63, 3.8) is 0 Å². The smallest absolute Gasteiger partial charge is 0.179 e. The maximum atomic E-state index is 11.7. The summed E-state index contributed by atoms with van der Waals surface area (Å²) >= 11 is 0. The summed E-state index contributed by atoms with van der Waals surface area (Å²) in [6.07, 6.45) is 2.76. The Bertz CT molecular complexity index is 654. The molecule has 0 spiro atoms. The lowest BCUT2D eigenvalue weighted by Gasteiger charge is -2.16. The molecule has 0 radical (unpaired) electrons. The number of hydrogen-bond acceptors (Lipinski definition) is 4. The molecule has 0 aliphatic rings. The molecule has 1 aromatic carbocycles. The first-order chi connectivity index (χ1) is 8.98. The van der Waals surface area contributed by atoms with Gasteiger partial charge in [0.2, 0.25) is 0 Å². The molecule has 0 saturated carbocycles. The highest BCUT2D eigenvalue weighted by Gasteiger charge is 2.15. The van der Waals surface area contributed by atoms with Gasteiger partial charge in [0.25, 0.3) is 0 Å². The van der Waals surface area contributed by atoms with E-state index in [0.717, 1.165) is 5.56 Å². The fourth-order valence-corrected chi connectivity index (χ4v) is 2.62. The number of anilines is 1. The van der Waals surface area contributed by atoms with Crippen molar-refractivity contribution >= 4 is 15.7 Å². The number of nitrogens with zero attached hydrogens (tertiary/aromatic N) is 1. The van der Waals surface area contributed by atoms with Gasteiger partial charge in [0.05, 0.1) is 0 Å². The number of hydrogen-bond donors (Lipinski definition) is 1. The maximum Gasteiger partial charge on any atom is 0.179 e. The summed E-state index contributed by atoms with van der Waals surface area (Å²) in [5.74, 6) is 0.390. The van der Waals surface area contributed by atoms with E-state index in [9.17, 15) is 8.42 Å². The van der Waals surface area contributed by atoms with E-state index in [0.29, 0.717) is 5.82 Å². The molecule has 0 bridgehead atoms. The first kappa shape index (κ1) is 13.5. The monoisotopic (exact) mass is 276 g/mol. The van der Waals surface area contributed by atoms with Crippen LogP contribution < -0.4 is 5.32 Å². The third-order valence-corrected chi connectivity index (χ3v) is 3.95. The standard InChI is InChI=1S/C14H16N2O2S/c1-11(12-7-4-3-5-8-12)16-14-13(19(2,17)18)9-6-10-15-14/h3-11H,1-2H3,(H,15,16). The Labute approximate surface area is 113 Å². The molecule has 0 fully saturated rings. The highest BCUT2D eigenvalue weighted by molar-refractivity contribution is 7.90. The van der Waals surface area contributed by atoms with E-state index >= 15 is 0 Å². The number of nitrogens with one attached hydrogen (secondary N) is 1. The average Bonchev–Trinajstić information content (AvgIpc) is 2.39. The molecular weight excluding hydrogens is 260 g/mol. The van der Waals surface area contributed by atoms with Crippen LogP contribution in [0, 0.1) is 0 Å². The van der Waals surface area contributed by atoms with Gasteiger partial charge in [0, 0.05) is 18.5 Å². The molecule has 0 amide bonds. The molecule has 5 heteroatoms. The maximum absolute atomic E-state index is 11.7. The van der Waals surface area contributed by atoms with Crippen molar-refractivity contribution in [3.05, 3.63) is 54.2 Å². The second-order valence-electron chi connectivity index (χ2n) is 4.40. The van der Waals surface area contributed by atoms with Crippen molar-refractivity contribution in [1.29, 1.82) is 0 Å². The Kier molecular flexibility index (Phi) is 3.85. The van der Waals surface area contributed by atoms with Crippen LogP contribution in [0.5, 0.6) is 0 Å². The summed E-state index contributed by atoms with van der Waals surface area (Å²) in [4.78, 5) is 4.34. The van der Waals surface area contributed by atoms with Crippen LogP contribution in [0.2, 0.25) is 0 Å². The van der Waals surface area contributed by atoms with Crippen molar-refractivity contribution in [1.82, 2.24) is 4.98 Å². The zero-order valence-corrected chi connectivity index (χ0v) is 11.7. The lowest BCUT2D eigenvalue weighted by atomic mass is 10.1. The number of benzene rings is 1. The fraction of sp³-hybridized carbons (Fsp3) is 0.214. The Hall–Kier alpha value is -1.88. The summed E-state index contributed by atoms with van der Waals surface area (Å²) in [5.41, 5.74) is 1.08. The molecule has 1 aromatic heterocycles. The van der Waals surface area contributed by atoms with Gasteiger partial charge in [-0.15, -0.1) is 0 Å². The molecule has 4 nitrogen and oxygen atoms in total. The largest absolute Gasteiger partial charge is 0.362 e. The minimum absolute atomic E-state index is 0.0170. The summed E-state index contributed by atoms with van der Waals surface area (Å²) in [7, 11) is -3.29. The van der Waals surface area contributed by atoms with Gasteiger partial charge in [0.1, 0.15) is 10.7 Å². The van der Waals surface area contributed by atoms with E-state index in [4.69, 9.17) is 0 Å². The molecule has 100 valence electrons. The molecule has 19 heavy (non-hydrogen) atoms. The predicted octanol–water partition coefficient (Wildman–Crippen LogP) is 2.66. The molecule has 0 aliphatic heterocycles. The van der Waals surface area contributed by atoms with Crippen molar-refractivity contribution in [2.75, 3.05) is 11.6 Å². The SMILES string of the molecule is CC(Nc1ncccc1S(C)(=O)=O)c1ccccc1. The summed E-state index contributed by atoms with van der Waals surface area (Å²) < 4.78 is 23.4. The fourth-order valence-electron chi connectivity index (χ4n) is 1.83. The second-order valence-corrected chi connectivity index (χ2v) is 6.38. The van der Waals surface area contributed by atoms with Gasteiger partial charge in [-0.3, -0.25) is 0 Å². The molecule has 1 unspecified atom stereocenters. The highest BCUT2D eigenvalue weighted by atomic mass is 32.2. The van der Waals surface area contributed by atoms with E-state index < -0.39 is 9.84 Å². The van der Waals surface area contributed by atoms with E-state index in [1.165, 1.54) is 6.26 Å². The molecular formula is C14H16N2O2S. The summed E-state index contributed by atoms with van der Waals surface area (Å²) in [6, 6.07) is 13.0. The van der Waals surface area contributed by atoms with Gasteiger partial charge >= 0.3 is 0 Å². The van der Waals surface area contributed by atoms with E-state index in [1.807, 2.05) is 37.3 Å². The minimum atomic E-state index is -3.29. The summed E-state index contributed by atoms with van der Waals surface area (Å²) in [6.45, 7) is 1.97. The first-order valence-corrected chi connectivity index (χ1v) is 7.84. The molecule has 2 rings (SSSR count). The molecule has 0 aliphatic carbocycles. The molecule has 2 aromatic rings. The Morgan fingerprint density at radius 3 is 2.42 bits per heavy atom. The summed E-state index contributed by atoms with van der Waals surface area (Å²) in [5, 5.41) is 3.14. The first-order valence-electron chi connectivity index (χ1n) is 5.95. The topological polar surface area (TPSA) is 59.1 Å². The Morgan fingerprint density at radius 1 is 1.11 bits per heavy atom. The van der Waals surface area contributed by atoms with Crippen LogP contribution in [0.25, 0.3) is 0 Å². The van der Waals surface area contributed by atoms with Gasteiger partial charge in [-0.25, -0.2) is 13.4 Å². The Balaban J connectivity index is 2.30. The van der Waals surface area contributed by atoms with Crippen molar-refractivity contribution in [3.8, 4) is 0 Å². The van der Waals surface area contributed by atoms with Gasteiger partial charge in [-0.05, 0) is 24.6 Å². The van der Waals surface area contributed by atoms with Crippen molar-refractivity contribution in [2.45, 2.75) is 17.9 Å². The van der Waals surface area contributed by atoms with Gasteiger partial charge in [-0.1, -0.05) is 30.3 Å². The van der Waals surface area contributed by atoms with Crippen LogP contribution in [0.4, 0.5) is 5.82 Å². The zero-order valence-electron chi connectivity index (χ0n) is 10.9. The quantitative estimate of drug-likeness (QED) is 0.932. The Morgan fingerprint density at radius 2 is 1.79 bits per heavy atom. The minimum Gasteiger partial charge on any atom is -0.362 e. The van der Waals surface area contributed by atoms with Crippen molar-refractivity contribution < 1.29 is 8.42 Å². The van der Waals surface area contributed by atoms with Crippen LogP contribution in [0.15, 0.2) is 53.6 Å². The average molecular weight is 276 g/mol. The molecule has 1 atom stereocenters. The van der Waals surface area contributed by atoms with E-state index in [1.54, 1.807) is 18.3 Å². The number of sulfone groups is 1. The zero-order chi connectivity index (χ0) is 13.9. The molecule has 1 heterocycles. The molecule has 1 N–H and O–H groups in total. The van der Waals surface area contributed by atoms with Crippen LogP contribution in [0.1, 0.15) is 18.5 Å². The van der Waals surface area contributed by atoms with E-state index in [-0.39, 0.29) is 10.9 Å². The third kappa shape index (κ3) is 3.32. The second kappa shape index (κ2) is 5.40. The van der Waals surface area contributed by atoms with E-state index in [2.05, 4.69) is 10.3 Å². The lowest BCUT2D eigenvalue weighted by molar-refractivity contribution is 0.601. The van der Waals surface area contributed by atoms with Crippen LogP contribution >= 0.6 is 0 Å². The van der Waals surface area contributed by atoms with Crippen LogP contribution in [0.3, 0.4) is 0 Å². The van der Waals surface area contributed by atoms with Gasteiger partial charge in [0.15, 0.2) is 9.84 Å².